The van der Waals surface area contributed by atoms with Gasteiger partial charge in [0.2, 0.25) is 5.91 Å². The van der Waals surface area contributed by atoms with Gasteiger partial charge in [0, 0.05) is 11.6 Å². The fourth-order valence-electron chi connectivity index (χ4n) is 2.96. The standard InChI is InChI=1S/C18H18ClNO3/c19-14-8-6-12(7-9-14)16(22)11-17(23)20-10-2-4-13-3-1-5-15(21)18(13)20/h1,3,5-9,16,21-22H,2,4,10-11H2. The Bertz CT molecular complexity index is 715. The number of hydrogen-bond donors (Lipinski definition) is 2. The van der Waals surface area contributed by atoms with Gasteiger partial charge in [0.25, 0.3) is 0 Å². The Balaban J connectivity index is 1.78. The van der Waals surface area contributed by atoms with E-state index in [1.807, 2.05) is 6.07 Å². The van der Waals surface area contributed by atoms with Crippen molar-refractivity contribution in [3.8, 4) is 5.75 Å². The maximum atomic E-state index is 12.6. The van der Waals surface area contributed by atoms with Crippen LogP contribution < -0.4 is 4.90 Å². The molecule has 1 aliphatic heterocycles. The summed E-state index contributed by atoms with van der Waals surface area (Å²) in [5.41, 5.74) is 2.19. The molecule has 5 heteroatoms. The van der Waals surface area contributed by atoms with Gasteiger partial charge in [-0.15, -0.1) is 0 Å². The number of nitrogens with zero attached hydrogens (tertiary/aromatic N) is 1. The molecule has 1 heterocycles. The van der Waals surface area contributed by atoms with Crippen LogP contribution in [0.4, 0.5) is 5.69 Å². The van der Waals surface area contributed by atoms with Crippen LogP contribution in [0.2, 0.25) is 5.02 Å². The highest BCUT2D eigenvalue weighted by Crippen LogP contribution is 2.36. The van der Waals surface area contributed by atoms with Crippen LogP contribution in [0.3, 0.4) is 0 Å². The molecule has 0 aromatic heterocycles. The molecule has 1 atom stereocenters. The monoisotopic (exact) mass is 331 g/mol. The number of aromatic hydroxyl groups is 1. The number of aliphatic hydroxyl groups excluding tert-OH is 1. The van der Waals surface area contributed by atoms with Gasteiger partial charge in [-0.1, -0.05) is 35.9 Å². The minimum absolute atomic E-state index is 0.0323. The molecule has 0 saturated heterocycles. The minimum atomic E-state index is -0.893. The molecule has 0 saturated carbocycles. The first-order valence-corrected chi connectivity index (χ1v) is 7.99. The van der Waals surface area contributed by atoms with Gasteiger partial charge in [-0.05, 0) is 42.2 Å². The van der Waals surface area contributed by atoms with E-state index in [0.29, 0.717) is 22.8 Å². The third-order valence-electron chi connectivity index (χ3n) is 4.12. The summed E-state index contributed by atoms with van der Waals surface area (Å²) >= 11 is 5.83. The van der Waals surface area contributed by atoms with Crippen LogP contribution in [0.1, 0.15) is 30.1 Å². The van der Waals surface area contributed by atoms with Crippen molar-refractivity contribution in [3.05, 3.63) is 58.6 Å². The predicted octanol–water partition coefficient (Wildman–Crippen LogP) is 3.45. The molecular weight excluding hydrogens is 314 g/mol. The number of fused-ring (bicyclic) bond motifs is 1. The molecule has 23 heavy (non-hydrogen) atoms. The number of anilines is 1. The summed E-state index contributed by atoms with van der Waals surface area (Å²) in [5, 5.41) is 20.9. The van der Waals surface area contributed by atoms with Gasteiger partial charge in [-0.25, -0.2) is 0 Å². The molecule has 2 aromatic carbocycles. The fourth-order valence-corrected chi connectivity index (χ4v) is 3.08. The summed E-state index contributed by atoms with van der Waals surface area (Å²) < 4.78 is 0. The van der Waals surface area contributed by atoms with E-state index in [-0.39, 0.29) is 18.1 Å². The van der Waals surface area contributed by atoms with Crippen molar-refractivity contribution in [3.63, 3.8) is 0 Å². The molecule has 0 bridgehead atoms. The summed E-state index contributed by atoms with van der Waals surface area (Å²) in [4.78, 5) is 14.2. The van der Waals surface area contributed by atoms with Gasteiger partial charge < -0.3 is 15.1 Å². The van der Waals surface area contributed by atoms with Crippen molar-refractivity contribution in [2.24, 2.45) is 0 Å². The number of rotatable bonds is 3. The highest BCUT2D eigenvalue weighted by atomic mass is 35.5. The van der Waals surface area contributed by atoms with E-state index in [1.165, 1.54) is 0 Å². The first kappa shape index (κ1) is 15.8. The first-order chi connectivity index (χ1) is 11.1. The molecule has 0 aliphatic carbocycles. The van der Waals surface area contributed by atoms with Gasteiger partial charge >= 0.3 is 0 Å². The van der Waals surface area contributed by atoms with Crippen LogP contribution >= 0.6 is 11.6 Å². The predicted molar refractivity (Wildman–Crippen MR) is 89.8 cm³/mol. The number of halogens is 1. The van der Waals surface area contributed by atoms with Crippen LogP contribution in [0.15, 0.2) is 42.5 Å². The Hall–Kier alpha value is -2.04. The molecule has 0 fully saturated rings. The molecule has 2 aromatic rings. The van der Waals surface area contributed by atoms with Crippen molar-refractivity contribution in [1.82, 2.24) is 0 Å². The third-order valence-corrected chi connectivity index (χ3v) is 4.37. The van der Waals surface area contributed by atoms with E-state index in [2.05, 4.69) is 0 Å². The van der Waals surface area contributed by atoms with E-state index in [4.69, 9.17) is 11.6 Å². The summed E-state index contributed by atoms with van der Waals surface area (Å²) in [6.07, 6.45) is 0.762. The lowest BCUT2D eigenvalue weighted by Crippen LogP contribution is -2.36. The van der Waals surface area contributed by atoms with Crippen molar-refractivity contribution >= 4 is 23.2 Å². The molecule has 120 valence electrons. The molecule has 2 N–H and O–H groups in total. The van der Waals surface area contributed by atoms with E-state index in [1.54, 1.807) is 41.3 Å². The van der Waals surface area contributed by atoms with Gasteiger partial charge in [-0.2, -0.15) is 0 Å². The largest absolute Gasteiger partial charge is 0.506 e. The number of aryl methyl sites for hydroxylation is 1. The molecule has 0 radical (unpaired) electrons. The van der Waals surface area contributed by atoms with E-state index in [0.717, 1.165) is 18.4 Å². The quantitative estimate of drug-likeness (QED) is 0.905. The number of benzene rings is 2. The van der Waals surface area contributed by atoms with Gasteiger partial charge in [-0.3, -0.25) is 4.79 Å². The van der Waals surface area contributed by atoms with Crippen LogP contribution in [0.5, 0.6) is 5.75 Å². The van der Waals surface area contributed by atoms with Crippen molar-refractivity contribution in [2.45, 2.75) is 25.4 Å². The zero-order valence-corrected chi connectivity index (χ0v) is 13.3. The summed E-state index contributed by atoms with van der Waals surface area (Å²) in [5.74, 6) is -0.0913. The Morgan fingerprint density at radius 1 is 1.22 bits per heavy atom. The van der Waals surface area contributed by atoms with Crippen LogP contribution in [0.25, 0.3) is 0 Å². The lowest BCUT2D eigenvalue weighted by atomic mass is 9.99. The number of phenolic OH excluding ortho intramolecular Hbond substituents is 1. The second kappa shape index (κ2) is 6.60. The van der Waals surface area contributed by atoms with Gasteiger partial charge in [0.1, 0.15) is 5.75 Å². The average Bonchev–Trinajstić information content (AvgIpc) is 2.55. The SMILES string of the molecule is O=C(CC(O)c1ccc(Cl)cc1)N1CCCc2cccc(O)c21. The van der Waals surface area contributed by atoms with Crippen molar-refractivity contribution in [1.29, 1.82) is 0 Å². The third kappa shape index (κ3) is 3.33. The molecule has 3 rings (SSSR count). The minimum Gasteiger partial charge on any atom is -0.506 e. The number of phenols is 1. The number of carbonyl (C=O) groups is 1. The van der Waals surface area contributed by atoms with E-state index >= 15 is 0 Å². The molecule has 1 unspecified atom stereocenters. The maximum absolute atomic E-state index is 12.6. The van der Waals surface area contributed by atoms with Crippen molar-refractivity contribution < 1.29 is 15.0 Å². The van der Waals surface area contributed by atoms with Crippen LogP contribution in [-0.2, 0) is 11.2 Å². The highest BCUT2D eigenvalue weighted by molar-refractivity contribution is 6.30. The number of carbonyl (C=O) groups excluding carboxylic acids is 1. The zero-order valence-electron chi connectivity index (χ0n) is 12.6. The summed E-state index contributed by atoms with van der Waals surface area (Å²) in [6, 6.07) is 12.1. The number of para-hydroxylation sites is 1. The number of amides is 1. The zero-order chi connectivity index (χ0) is 16.4. The average molecular weight is 332 g/mol. The first-order valence-electron chi connectivity index (χ1n) is 7.61. The summed E-state index contributed by atoms with van der Waals surface area (Å²) in [6.45, 7) is 0.552. The lowest BCUT2D eigenvalue weighted by Gasteiger charge is -2.30. The second-order valence-electron chi connectivity index (χ2n) is 5.71. The maximum Gasteiger partial charge on any atom is 0.230 e. The highest BCUT2D eigenvalue weighted by Gasteiger charge is 2.27. The van der Waals surface area contributed by atoms with Gasteiger partial charge in [0.05, 0.1) is 18.2 Å². The second-order valence-corrected chi connectivity index (χ2v) is 6.14. The van der Waals surface area contributed by atoms with Gasteiger partial charge in [0.15, 0.2) is 0 Å². The number of hydrogen-bond acceptors (Lipinski definition) is 3. The Morgan fingerprint density at radius 3 is 2.70 bits per heavy atom. The fraction of sp³-hybridized carbons (Fsp3) is 0.278. The smallest absolute Gasteiger partial charge is 0.230 e. The molecule has 1 amide bonds. The lowest BCUT2D eigenvalue weighted by molar-refractivity contribution is -0.120. The Labute approximate surface area is 139 Å². The van der Waals surface area contributed by atoms with Crippen LogP contribution in [-0.4, -0.2) is 22.7 Å². The Morgan fingerprint density at radius 2 is 1.96 bits per heavy atom. The topological polar surface area (TPSA) is 60.8 Å². The Kier molecular flexibility index (Phi) is 4.55. The molecular formula is C18H18ClNO3. The van der Waals surface area contributed by atoms with E-state index < -0.39 is 6.10 Å². The summed E-state index contributed by atoms with van der Waals surface area (Å²) in [7, 11) is 0. The normalized spacial score (nSPS) is 15.1. The van der Waals surface area contributed by atoms with Crippen molar-refractivity contribution in [2.75, 3.05) is 11.4 Å². The molecule has 4 nitrogen and oxygen atoms in total. The molecule has 1 aliphatic rings. The van der Waals surface area contributed by atoms with E-state index in [9.17, 15) is 15.0 Å². The molecule has 0 spiro atoms. The van der Waals surface area contributed by atoms with Crippen LogP contribution in [0, 0.1) is 0 Å². The number of aliphatic hydroxyl groups is 1.